The number of hydrogen-bond donors (Lipinski definition) is 2. The molecule has 0 saturated heterocycles. The fourth-order valence-corrected chi connectivity index (χ4v) is 1.76. The van der Waals surface area contributed by atoms with Gasteiger partial charge in [0.15, 0.2) is 11.5 Å². The maximum Gasteiger partial charge on any atom is 0.161 e. The van der Waals surface area contributed by atoms with Gasteiger partial charge in [-0.3, -0.25) is 5.10 Å². The summed E-state index contributed by atoms with van der Waals surface area (Å²) in [6, 6.07) is 4.94. The second-order valence-electron chi connectivity index (χ2n) is 3.70. The van der Waals surface area contributed by atoms with Crippen molar-refractivity contribution in [2.24, 2.45) is 0 Å². The number of ether oxygens (including phenoxy) is 2. The molecule has 96 valence electrons. The van der Waals surface area contributed by atoms with Gasteiger partial charge in [-0.25, -0.2) is 4.39 Å². The Morgan fingerprint density at radius 2 is 1.89 bits per heavy atom. The number of nitrogens with one attached hydrogen (secondary N) is 1. The molecule has 3 N–H and O–H groups in total. The van der Waals surface area contributed by atoms with E-state index in [1.165, 1.54) is 14.2 Å². The number of rotatable bonds is 4. The topological polar surface area (TPSA) is 73.2 Å². The number of nitrogen functional groups attached to an aromatic ring is 1. The van der Waals surface area contributed by atoms with E-state index >= 15 is 0 Å². The van der Waals surface area contributed by atoms with Crippen LogP contribution in [-0.2, 0) is 6.67 Å². The summed E-state index contributed by atoms with van der Waals surface area (Å²) in [5, 5.41) is 6.57. The molecule has 0 spiro atoms. The van der Waals surface area contributed by atoms with E-state index in [1.54, 1.807) is 18.2 Å². The van der Waals surface area contributed by atoms with Crippen LogP contribution in [0.2, 0.25) is 0 Å². The first kappa shape index (κ1) is 12.2. The lowest BCUT2D eigenvalue weighted by molar-refractivity contribution is 0.353. The highest BCUT2D eigenvalue weighted by Gasteiger charge is 2.14. The van der Waals surface area contributed by atoms with Crippen LogP contribution < -0.4 is 15.2 Å². The van der Waals surface area contributed by atoms with Crippen LogP contribution in [0.1, 0.15) is 5.56 Å². The van der Waals surface area contributed by atoms with Crippen LogP contribution in [0.3, 0.4) is 0 Å². The number of aromatic nitrogens is 2. The predicted molar refractivity (Wildman–Crippen MR) is 66.4 cm³/mol. The summed E-state index contributed by atoms with van der Waals surface area (Å²) in [5.41, 5.74) is 7.32. The number of nitrogens with zero attached hydrogens (tertiary/aromatic N) is 1. The molecule has 1 heterocycles. The zero-order chi connectivity index (χ0) is 13.1. The van der Waals surface area contributed by atoms with Crippen LogP contribution in [0, 0.1) is 0 Å². The van der Waals surface area contributed by atoms with Crippen LogP contribution in [0.15, 0.2) is 18.2 Å². The number of H-pyrrole nitrogens is 1. The molecule has 0 aliphatic rings. The van der Waals surface area contributed by atoms with Crippen molar-refractivity contribution >= 4 is 5.82 Å². The van der Waals surface area contributed by atoms with Gasteiger partial charge in [0, 0.05) is 11.6 Å². The Balaban J connectivity index is 2.58. The zero-order valence-corrected chi connectivity index (χ0v) is 10.2. The van der Waals surface area contributed by atoms with E-state index in [2.05, 4.69) is 10.2 Å². The minimum Gasteiger partial charge on any atom is -0.493 e. The quantitative estimate of drug-likeness (QED) is 0.873. The molecule has 0 atom stereocenters. The Morgan fingerprint density at radius 1 is 1.22 bits per heavy atom. The Hall–Kier alpha value is -2.24. The molecule has 1 aromatic heterocycles. The molecule has 0 bridgehead atoms. The lowest BCUT2D eigenvalue weighted by atomic mass is 10.0. The molecule has 18 heavy (non-hydrogen) atoms. The van der Waals surface area contributed by atoms with Crippen molar-refractivity contribution < 1.29 is 13.9 Å². The molecule has 2 aromatic rings. The number of anilines is 1. The first-order valence-electron chi connectivity index (χ1n) is 5.31. The van der Waals surface area contributed by atoms with Gasteiger partial charge in [-0.2, -0.15) is 5.10 Å². The van der Waals surface area contributed by atoms with Crippen molar-refractivity contribution in [3.8, 4) is 22.8 Å². The highest BCUT2D eigenvalue weighted by molar-refractivity contribution is 5.70. The maximum absolute atomic E-state index is 13.1. The Labute approximate surface area is 104 Å². The summed E-state index contributed by atoms with van der Waals surface area (Å²) >= 11 is 0. The van der Waals surface area contributed by atoms with E-state index in [0.29, 0.717) is 34.1 Å². The summed E-state index contributed by atoms with van der Waals surface area (Å²) in [4.78, 5) is 0. The summed E-state index contributed by atoms with van der Waals surface area (Å²) in [6.45, 7) is -0.616. The van der Waals surface area contributed by atoms with Crippen LogP contribution in [-0.4, -0.2) is 24.4 Å². The molecule has 2 rings (SSSR count). The number of benzene rings is 1. The van der Waals surface area contributed by atoms with Crippen molar-refractivity contribution in [1.82, 2.24) is 10.2 Å². The van der Waals surface area contributed by atoms with Gasteiger partial charge in [0.1, 0.15) is 12.5 Å². The average Bonchev–Trinajstić information content (AvgIpc) is 2.83. The number of nitrogens with two attached hydrogens (primary N) is 1. The second-order valence-corrected chi connectivity index (χ2v) is 3.70. The lowest BCUT2D eigenvalue weighted by Crippen LogP contribution is -1.95. The number of alkyl halides is 1. The minimum atomic E-state index is -0.616. The Morgan fingerprint density at radius 3 is 2.39 bits per heavy atom. The third kappa shape index (κ3) is 2.09. The van der Waals surface area contributed by atoms with Crippen molar-refractivity contribution in [2.75, 3.05) is 20.0 Å². The third-order valence-electron chi connectivity index (χ3n) is 2.64. The lowest BCUT2D eigenvalue weighted by Gasteiger charge is -2.12. The van der Waals surface area contributed by atoms with Crippen molar-refractivity contribution in [3.63, 3.8) is 0 Å². The summed E-state index contributed by atoms with van der Waals surface area (Å²) in [6.07, 6.45) is 0. The van der Waals surface area contributed by atoms with E-state index in [0.717, 1.165) is 0 Å². The van der Waals surface area contributed by atoms with Gasteiger partial charge in [-0.1, -0.05) is 0 Å². The van der Waals surface area contributed by atoms with E-state index in [9.17, 15) is 4.39 Å². The number of hydrogen-bond acceptors (Lipinski definition) is 4. The van der Waals surface area contributed by atoms with Gasteiger partial charge >= 0.3 is 0 Å². The molecule has 0 aliphatic heterocycles. The maximum atomic E-state index is 13.1. The molecule has 0 saturated carbocycles. The Bertz CT molecular complexity index is 554. The Kier molecular flexibility index (Phi) is 3.36. The number of halogens is 1. The summed E-state index contributed by atoms with van der Waals surface area (Å²) in [7, 11) is 3.03. The molecule has 0 fully saturated rings. The van der Waals surface area contributed by atoms with E-state index in [1.807, 2.05) is 0 Å². The van der Waals surface area contributed by atoms with E-state index < -0.39 is 6.67 Å². The van der Waals surface area contributed by atoms with Crippen LogP contribution in [0.4, 0.5) is 10.2 Å². The van der Waals surface area contributed by atoms with Gasteiger partial charge in [-0.15, -0.1) is 0 Å². The molecule has 0 amide bonds. The molecule has 1 aromatic carbocycles. The summed E-state index contributed by atoms with van der Waals surface area (Å²) in [5.74, 6) is 1.36. The molecule has 0 unspecified atom stereocenters. The van der Waals surface area contributed by atoms with Crippen molar-refractivity contribution in [1.29, 1.82) is 0 Å². The van der Waals surface area contributed by atoms with E-state index in [-0.39, 0.29) is 0 Å². The van der Waals surface area contributed by atoms with Crippen molar-refractivity contribution in [3.05, 3.63) is 23.8 Å². The largest absolute Gasteiger partial charge is 0.493 e. The van der Waals surface area contributed by atoms with Crippen LogP contribution in [0.5, 0.6) is 11.5 Å². The number of aromatic amines is 1. The predicted octanol–water partition coefficient (Wildman–Crippen LogP) is 2.15. The highest BCUT2D eigenvalue weighted by atomic mass is 19.1. The van der Waals surface area contributed by atoms with Crippen LogP contribution >= 0.6 is 0 Å². The molecule has 0 aliphatic carbocycles. The smallest absolute Gasteiger partial charge is 0.161 e. The molecule has 6 heteroatoms. The first-order chi connectivity index (χ1) is 8.69. The zero-order valence-electron chi connectivity index (χ0n) is 10.2. The van der Waals surface area contributed by atoms with E-state index in [4.69, 9.17) is 15.2 Å². The number of methoxy groups -OCH3 is 2. The normalized spacial score (nSPS) is 10.4. The molecular weight excluding hydrogens is 237 g/mol. The minimum absolute atomic E-state index is 0.351. The molecule has 0 radical (unpaired) electrons. The van der Waals surface area contributed by atoms with Crippen LogP contribution in [0.25, 0.3) is 11.3 Å². The monoisotopic (exact) mass is 251 g/mol. The van der Waals surface area contributed by atoms with Gasteiger partial charge in [0.2, 0.25) is 0 Å². The standard InChI is InChI=1S/C12H14FN3O2/c1-17-10-3-7(6-13)8(4-11(10)18-2)9-5-12(14)16-15-9/h3-5H,6H2,1-2H3,(H3,14,15,16). The molecular formula is C12H14FN3O2. The van der Waals surface area contributed by atoms with Gasteiger partial charge in [0.05, 0.1) is 19.9 Å². The van der Waals surface area contributed by atoms with Gasteiger partial charge < -0.3 is 15.2 Å². The molecule has 5 nitrogen and oxygen atoms in total. The van der Waals surface area contributed by atoms with Gasteiger partial charge in [-0.05, 0) is 17.7 Å². The second kappa shape index (κ2) is 4.95. The highest BCUT2D eigenvalue weighted by Crippen LogP contribution is 2.35. The van der Waals surface area contributed by atoms with Gasteiger partial charge in [0.25, 0.3) is 0 Å². The van der Waals surface area contributed by atoms with Crippen molar-refractivity contribution in [2.45, 2.75) is 6.67 Å². The average molecular weight is 251 g/mol. The fourth-order valence-electron chi connectivity index (χ4n) is 1.76. The first-order valence-corrected chi connectivity index (χ1v) is 5.31. The summed E-state index contributed by atoms with van der Waals surface area (Å²) < 4.78 is 23.4. The third-order valence-corrected chi connectivity index (χ3v) is 2.64. The fraction of sp³-hybridized carbons (Fsp3) is 0.250. The SMILES string of the molecule is COc1cc(CF)c(-c2cc(N)n[nH]2)cc1OC.